The molecule has 0 aromatic carbocycles. The molecule has 3 atom stereocenters. The molecular formula is C30H56FN2O10PS2. The molecular weight excluding hydrogens is 662 g/mol. The van der Waals surface area contributed by atoms with Gasteiger partial charge in [-0.05, 0) is 34.1 Å². The van der Waals surface area contributed by atoms with Crippen molar-refractivity contribution in [1.82, 2.24) is 9.55 Å². The van der Waals surface area contributed by atoms with Gasteiger partial charge in [0.1, 0.15) is 6.23 Å². The van der Waals surface area contributed by atoms with Gasteiger partial charge in [0.25, 0.3) is 5.56 Å². The van der Waals surface area contributed by atoms with E-state index >= 15 is 0 Å². The summed E-state index contributed by atoms with van der Waals surface area (Å²) in [6.07, 6.45) is 2.33. The van der Waals surface area contributed by atoms with Gasteiger partial charge in [-0.15, -0.1) is 0 Å². The Morgan fingerprint density at radius 1 is 1.00 bits per heavy atom. The first kappa shape index (κ1) is 47.0. The van der Waals surface area contributed by atoms with Crippen molar-refractivity contribution in [3.8, 4) is 0 Å². The van der Waals surface area contributed by atoms with E-state index in [0.29, 0.717) is 25.1 Å². The average molecular weight is 719 g/mol. The van der Waals surface area contributed by atoms with Crippen molar-refractivity contribution in [2.75, 3.05) is 51.7 Å². The highest BCUT2D eigenvalue weighted by molar-refractivity contribution is 8.14. The Morgan fingerprint density at radius 2 is 1.46 bits per heavy atom. The minimum atomic E-state index is -1.84. The van der Waals surface area contributed by atoms with Crippen molar-refractivity contribution in [3.63, 3.8) is 0 Å². The van der Waals surface area contributed by atoms with Crippen molar-refractivity contribution in [1.29, 1.82) is 0 Å². The van der Waals surface area contributed by atoms with Crippen LogP contribution in [-0.4, -0.2) is 87.8 Å². The molecule has 1 aromatic heterocycles. The van der Waals surface area contributed by atoms with Gasteiger partial charge in [0.05, 0.1) is 57.1 Å². The number of aromatic nitrogens is 2. The number of carbonyl (C=O) groups excluding carboxylic acids is 2. The van der Waals surface area contributed by atoms with Gasteiger partial charge in [0.15, 0.2) is 10.2 Å². The number of thioether (sulfide) groups is 2. The van der Waals surface area contributed by atoms with Crippen LogP contribution in [0.5, 0.6) is 0 Å². The zero-order valence-electron chi connectivity index (χ0n) is 29.0. The Kier molecular flexibility index (Phi) is 26.3. The van der Waals surface area contributed by atoms with E-state index in [0.717, 1.165) is 23.5 Å². The number of hydrogen-bond acceptors (Lipinski definition) is 12. The minimum absolute atomic E-state index is 0.0233. The Bertz CT molecular complexity index is 1050. The fraction of sp³-hybridized carbons (Fsp3) is 0.800. The summed E-state index contributed by atoms with van der Waals surface area (Å²) in [4.78, 5) is 50.2. The SMILES string of the molecule is CC.CC1CC(COP(OCCSC(=O)C(C)(C)CO)OCCSC(=O)C(C)(C)CO)OC1n1ccc(=O)[nH]c1=O.CCC.CF. The largest absolute Gasteiger partial charge is 0.395 e. The molecule has 270 valence electrons. The summed E-state index contributed by atoms with van der Waals surface area (Å²) in [5.74, 6) is 0.643. The van der Waals surface area contributed by atoms with Gasteiger partial charge in [-0.25, -0.2) is 4.79 Å². The zero-order valence-corrected chi connectivity index (χ0v) is 31.5. The summed E-state index contributed by atoms with van der Waals surface area (Å²) in [7, 11) is -1.34. The molecule has 1 saturated heterocycles. The smallest absolute Gasteiger partial charge is 0.332 e. The number of aromatic amines is 1. The van der Waals surface area contributed by atoms with Crippen LogP contribution in [0.2, 0.25) is 0 Å². The average Bonchev–Trinajstić information content (AvgIpc) is 3.41. The second-order valence-corrected chi connectivity index (χ2v) is 14.5. The predicted molar refractivity (Wildman–Crippen MR) is 185 cm³/mol. The van der Waals surface area contributed by atoms with E-state index < -0.39 is 36.9 Å². The van der Waals surface area contributed by atoms with Gasteiger partial charge in [0.2, 0.25) is 0 Å². The maximum atomic E-state index is 12.2. The summed E-state index contributed by atoms with van der Waals surface area (Å²) in [5, 5.41) is 18.4. The van der Waals surface area contributed by atoms with E-state index in [9.17, 15) is 33.8 Å². The molecule has 12 nitrogen and oxygen atoms in total. The fourth-order valence-corrected chi connectivity index (χ4v) is 6.11. The predicted octanol–water partition coefficient (Wildman–Crippen LogP) is 5.32. The number of rotatable bonds is 16. The van der Waals surface area contributed by atoms with E-state index in [1.54, 1.807) is 27.7 Å². The van der Waals surface area contributed by atoms with Crippen molar-refractivity contribution in [3.05, 3.63) is 33.1 Å². The van der Waals surface area contributed by atoms with Gasteiger partial charge in [-0.1, -0.05) is 64.6 Å². The molecule has 3 unspecified atom stereocenters. The number of aliphatic hydroxyl groups is 2. The Balaban J connectivity index is 0. The van der Waals surface area contributed by atoms with Crippen LogP contribution < -0.4 is 11.2 Å². The lowest BCUT2D eigenvalue weighted by molar-refractivity contribution is -0.120. The molecule has 46 heavy (non-hydrogen) atoms. The number of nitrogens with one attached hydrogen (secondary N) is 1. The number of nitrogens with zero attached hydrogens (tertiary/aromatic N) is 1. The van der Waals surface area contributed by atoms with Crippen LogP contribution in [0.25, 0.3) is 0 Å². The minimum Gasteiger partial charge on any atom is -0.395 e. The van der Waals surface area contributed by atoms with Crippen LogP contribution in [0.3, 0.4) is 0 Å². The summed E-state index contributed by atoms with van der Waals surface area (Å²) in [6, 6.07) is 1.26. The quantitative estimate of drug-likeness (QED) is 0.149. The number of aliphatic hydroxyl groups excluding tert-OH is 2. The molecule has 16 heteroatoms. The maximum absolute atomic E-state index is 12.2. The highest BCUT2D eigenvalue weighted by Gasteiger charge is 2.35. The highest BCUT2D eigenvalue weighted by Crippen LogP contribution is 2.42. The zero-order chi connectivity index (χ0) is 35.9. The summed E-state index contributed by atoms with van der Waals surface area (Å²) < 4.78 is 34.3. The lowest BCUT2D eigenvalue weighted by Crippen LogP contribution is -2.33. The molecule has 1 aliphatic rings. The van der Waals surface area contributed by atoms with Crippen LogP contribution in [-0.2, 0) is 27.9 Å². The Hall–Kier alpha value is -1.16. The molecule has 1 aromatic rings. The van der Waals surface area contributed by atoms with Crippen molar-refractivity contribution >= 4 is 42.4 Å². The molecule has 0 aliphatic carbocycles. The third-order valence-electron chi connectivity index (χ3n) is 5.87. The molecule has 1 aliphatic heterocycles. The van der Waals surface area contributed by atoms with Crippen LogP contribution in [0.15, 0.2) is 21.9 Å². The molecule has 0 spiro atoms. The second kappa shape index (κ2) is 25.8. The van der Waals surface area contributed by atoms with Crippen LogP contribution in [0, 0.1) is 16.7 Å². The Labute approximate surface area is 282 Å². The van der Waals surface area contributed by atoms with Crippen molar-refractivity contribution in [2.45, 2.75) is 87.5 Å². The van der Waals surface area contributed by atoms with Crippen molar-refractivity contribution < 1.29 is 42.5 Å². The van der Waals surface area contributed by atoms with Gasteiger partial charge in [0, 0.05) is 29.7 Å². The van der Waals surface area contributed by atoms with Crippen molar-refractivity contribution in [2.24, 2.45) is 16.7 Å². The first-order valence-corrected chi connectivity index (χ1v) is 18.4. The standard InChI is InChI=1S/C24H39N2O10PS2.C3H8.C2H6.CH3F/c1-16-12-17(36-19(16)26-7-6-18(29)25-22(26)32)13-35-37(33-8-10-38-20(30)23(2,3)14-27)34-9-11-39-21(31)24(4,5)15-28;1-3-2;2*1-2/h6-7,16-17,19,27-28H,8-15H2,1-5H3,(H,25,29,32);3H2,1-2H3;1-2H3;1H3. The van der Waals surface area contributed by atoms with E-state index in [4.69, 9.17) is 18.3 Å². The van der Waals surface area contributed by atoms with E-state index in [-0.39, 0.29) is 55.3 Å². The highest BCUT2D eigenvalue weighted by atomic mass is 32.2. The number of halogens is 1. The molecule has 0 bridgehead atoms. The molecule has 2 heterocycles. The maximum Gasteiger partial charge on any atom is 0.332 e. The summed E-state index contributed by atoms with van der Waals surface area (Å²) >= 11 is 2.10. The lowest BCUT2D eigenvalue weighted by atomic mass is 9.97. The number of carbonyl (C=O) groups is 2. The molecule has 0 amide bonds. The van der Waals surface area contributed by atoms with Crippen LogP contribution >= 0.6 is 32.1 Å². The molecule has 2 rings (SSSR count). The topological polar surface area (TPSA) is 166 Å². The number of hydrogen-bond donors (Lipinski definition) is 3. The lowest BCUT2D eigenvalue weighted by Gasteiger charge is -2.21. The van der Waals surface area contributed by atoms with E-state index in [1.807, 2.05) is 20.8 Å². The van der Waals surface area contributed by atoms with Gasteiger partial charge < -0.3 is 28.5 Å². The van der Waals surface area contributed by atoms with Crippen LogP contribution in [0.4, 0.5) is 4.39 Å². The third kappa shape index (κ3) is 17.8. The van der Waals surface area contributed by atoms with Gasteiger partial charge >= 0.3 is 14.3 Å². The molecule has 3 N–H and O–H groups in total. The van der Waals surface area contributed by atoms with Gasteiger partial charge in [-0.3, -0.25) is 28.3 Å². The van der Waals surface area contributed by atoms with Crippen LogP contribution in [0.1, 0.15) is 81.4 Å². The normalized spacial score (nSPS) is 17.7. The molecule has 0 radical (unpaired) electrons. The monoisotopic (exact) mass is 718 g/mol. The second-order valence-electron chi connectivity index (χ2n) is 11.1. The van der Waals surface area contributed by atoms with E-state index in [1.165, 1.54) is 23.3 Å². The third-order valence-corrected chi connectivity index (χ3v) is 9.38. The molecule has 1 fully saturated rings. The number of H-pyrrole nitrogens is 1. The fourth-order valence-electron chi connectivity index (χ4n) is 3.26. The Morgan fingerprint density at radius 3 is 1.87 bits per heavy atom. The van der Waals surface area contributed by atoms with Gasteiger partial charge in [-0.2, -0.15) is 0 Å². The van der Waals surface area contributed by atoms with E-state index in [2.05, 4.69) is 18.8 Å². The summed E-state index contributed by atoms with van der Waals surface area (Å²) in [5.41, 5.74) is -2.74. The molecule has 0 saturated carbocycles. The number of alkyl halides is 1. The number of ether oxygens (including phenoxy) is 1. The first-order chi connectivity index (χ1) is 21.7. The first-order valence-electron chi connectivity index (χ1n) is 15.3. The summed E-state index contributed by atoms with van der Waals surface area (Å²) in [6.45, 7) is 16.8.